The molecule has 146 valence electrons. The molecule has 0 unspecified atom stereocenters. The molecule has 0 saturated heterocycles. The first-order valence-corrected chi connectivity index (χ1v) is 10.3. The molecule has 1 heterocycles. The van der Waals surface area contributed by atoms with Crippen molar-refractivity contribution < 1.29 is 22.8 Å². The van der Waals surface area contributed by atoms with Gasteiger partial charge in [0.1, 0.15) is 0 Å². The molecule has 28 heavy (non-hydrogen) atoms. The van der Waals surface area contributed by atoms with Crippen LogP contribution in [-0.2, 0) is 14.8 Å². The van der Waals surface area contributed by atoms with Gasteiger partial charge in [-0.2, -0.15) is 4.31 Å². The number of anilines is 1. The highest BCUT2D eigenvalue weighted by Gasteiger charge is 2.33. The highest BCUT2D eigenvalue weighted by atomic mass is 79.9. The Morgan fingerprint density at radius 2 is 1.68 bits per heavy atom. The van der Waals surface area contributed by atoms with Crippen LogP contribution in [0, 0.1) is 0 Å². The summed E-state index contributed by atoms with van der Waals surface area (Å²) in [6.45, 7) is -0.414. The van der Waals surface area contributed by atoms with Crippen LogP contribution in [-0.4, -0.2) is 56.0 Å². The smallest absolute Gasteiger partial charge is 0.261 e. The fourth-order valence-electron chi connectivity index (χ4n) is 2.71. The summed E-state index contributed by atoms with van der Waals surface area (Å²) in [5, 5.41) is 2.55. The predicted molar refractivity (Wildman–Crippen MR) is 105 cm³/mol. The second kappa shape index (κ2) is 7.46. The minimum atomic E-state index is -3.83. The van der Waals surface area contributed by atoms with Crippen LogP contribution in [0.25, 0.3) is 0 Å². The molecule has 2 aromatic rings. The van der Waals surface area contributed by atoms with E-state index in [1.54, 1.807) is 12.1 Å². The van der Waals surface area contributed by atoms with Crippen LogP contribution in [0.15, 0.2) is 51.8 Å². The Morgan fingerprint density at radius 3 is 2.32 bits per heavy atom. The number of hydrogen-bond donors (Lipinski definition) is 1. The lowest BCUT2D eigenvalue weighted by molar-refractivity contribution is -0.116. The number of fused-ring (bicyclic) bond motifs is 1. The second-order valence-electron chi connectivity index (χ2n) is 6.19. The Kier molecular flexibility index (Phi) is 5.37. The van der Waals surface area contributed by atoms with Crippen molar-refractivity contribution in [2.45, 2.75) is 4.90 Å². The summed E-state index contributed by atoms with van der Waals surface area (Å²) in [4.78, 5) is 37.3. The Hall–Kier alpha value is -2.56. The van der Waals surface area contributed by atoms with E-state index in [9.17, 15) is 22.8 Å². The van der Waals surface area contributed by atoms with Crippen molar-refractivity contribution >= 4 is 49.4 Å². The van der Waals surface area contributed by atoms with Crippen molar-refractivity contribution in [2.24, 2.45) is 0 Å². The number of imide groups is 1. The Morgan fingerprint density at radius 1 is 1.07 bits per heavy atom. The molecule has 0 radical (unpaired) electrons. The predicted octanol–water partition coefficient (Wildman–Crippen LogP) is 1.93. The number of benzene rings is 2. The molecule has 10 heteroatoms. The molecular formula is C18H16BrN3O5S. The molecule has 1 N–H and O–H groups in total. The number of carbonyl (C=O) groups is 3. The third kappa shape index (κ3) is 3.71. The zero-order valence-corrected chi connectivity index (χ0v) is 17.4. The average Bonchev–Trinajstić information content (AvgIpc) is 2.86. The first-order valence-electron chi connectivity index (χ1n) is 8.09. The number of nitrogens with one attached hydrogen (secondary N) is 1. The second-order valence-corrected chi connectivity index (χ2v) is 9.15. The Bertz CT molecular complexity index is 1080. The topological polar surface area (TPSA) is 104 Å². The van der Waals surface area contributed by atoms with E-state index < -0.39 is 34.3 Å². The van der Waals surface area contributed by atoms with E-state index in [0.29, 0.717) is 5.69 Å². The molecule has 0 saturated carbocycles. The van der Waals surface area contributed by atoms with Crippen molar-refractivity contribution in [3.8, 4) is 0 Å². The van der Waals surface area contributed by atoms with Gasteiger partial charge in [-0.3, -0.25) is 19.3 Å². The molecule has 2 aromatic carbocycles. The first kappa shape index (κ1) is 20.2. The van der Waals surface area contributed by atoms with E-state index in [2.05, 4.69) is 21.2 Å². The number of rotatable bonds is 5. The zero-order valence-electron chi connectivity index (χ0n) is 15.0. The number of halogens is 1. The Balaban J connectivity index is 1.72. The zero-order chi connectivity index (χ0) is 20.6. The van der Waals surface area contributed by atoms with Crippen molar-refractivity contribution in [3.05, 3.63) is 58.1 Å². The van der Waals surface area contributed by atoms with E-state index >= 15 is 0 Å². The van der Waals surface area contributed by atoms with E-state index in [-0.39, 0.29) is 16.0 Å². The Labute approximate surface area is 170 Å². The molecule has 3 amide bonds. The van der Waals surface area contributed by atoms with Gasteiger partial charge in [-0.05, 0) is 42.5 Å². The van der Waals surface area contributed by atoms with E-state index in [1.807, 2.05) is 0 Å². The maximum absolute atomic E-state index is 12.5. The molecule has 0 bridgehead atoms. The summed E-state index contributed by atoms with van der Waals surface area (Å²) in [6.07, 6.45) is 0. The first-order chi connectivity index (χ1) is 13.1. The molecule has 1 aliphatic rings. The van der Waals surface area contributed by atoms with Crippen LogP contribution in [0.4, 0.5) is 5.69 Å². The monoisotopic (exact) mass is 465 g/mol. The van der Waals surface area contributed by atoms with Crippen LogP contribution >= 0.6 is 15.9 Å². The van der Waals surface area contributed by atoms with Crippen LogP contribution in [0.3, 0.4) is 0 Å². The van der Waals surface area contributed by atoms with Gasteiger partial charge < -0.3 is 5.32 Å². The lowest BCUT2D eigenvalue weighted by Crippen LogP contribution is -2.35. The molecule has 0 aromatic heterocycles. The molecule has 3 rings (SSSR count). The fraction of sp³-hybridized carbons (Fsp3) is 0.167. The minimum Gasteiger partial charge on any atom is -0.325 e. The SMILES string of the molecule is CN1C(=O)c2ccc(NC(=O)CN(C)S(=O)(=O)c3ccc(Br)cc3)cc2C1=O. The molecule has 0 fully saturated rings. The number of amides is 3. The van der Waals surface area contributed by atoms with Gasteiger partial charge >= 0.3 is 0 Å². The third-order valence-corrected chi connectivity index (χ3v) is 6.61. The van der Waals surface area contributed by atoms with Crippen LogP contribution < -0.4 is 5.32 Å². The van der Waals surface area contributed by atoms with Gasteiger partial charge in [0.05, 0.1) is 22.6 Å². The molecule has 1 aliphatic heterocycles. The van der Waals surface area contributed by atoms with Gasteiger partial charge in [0.15, 0.2) is 0 Å². The molecule has 0 atom stereocenters. The average molecular weight is 466 g/mol. The summed E-state index contributed by atoms with van der Waals surface area (Å²) in [5.74, 6) is -1.43. The fourth-order valence-corrected chi connectivity index (χ4v) is 4.10. The number of sulfonamides is 1. The van der Waals surface area contributed by atoms with Crippen LogP contribution in [0.1, 0.15) is 20.7 Å². The van der Waals surface area contributed by atoms with Gasteiger partial charge in [0.25, 0.3) is 11.8 Å². The number of likely N-dealkylation sites (N-methyl/N-ethyl adjacent to an activating group) is 1. The van der Waals surface area contributed by atoms with Crippen LogP contribution in [0.2, 0.25) is 0 Å². The highest BCUT2D eigenvalue weighted by Crippen LogP contribution is 2.25. The van der Waals surface area contributed by atoms with Gasteiger partial charge in [0.2, 0.25) is 15.9 Å². The van der Waals surface area contributed by atoms with E-state index in [4.69, 9.17) is 0 Å². The van der Waals surface area contributed by atoms with Gasteiger partial charge in [-0.25, -0.2) is 8.42 Å². The number of carbonyl (C=O) groups excluding carboxylic acids is 3. The van der Waals surface area contributed by atoms with Gasteiger partial charge in [-0.1, -0.05) is 15.9 Å². The van der Waals surface area contributed by atoms with Gasteiger partial charge in [0, 0.05) is 24.3 Å². The van der Waals surface area contributed by atoms with Crippen molar-refractivity contribution in [2.75, 3.05) is 26.0 Å². The lowest BCUT2D eigenvalue weighted by Gasteiger charge is -2.17. The maximum atomic E-state index is 12.5. The summed E-state index contributed by atoms with van der Waals surface area (Å²) < 4.78 is 26.8. The maximum Gasteiger partial charge on any atom is 0.261 e. The van der Waals surface area contributed by atoms with E-state index in [0.717, 1.165) is 13.7 Å². The molecule has 0 aliphatic carbocycles. The van der Waals surface area contributed by atoms with Crippen LogP contribution in [0.5, 0.6) is 0 Å². The quantitative estimate of drug-likeness (QED) is 0.679. The standard InChI is InChI=1S/C18H16BrN3O5S/c1-21(28(26,27)13-6-3-11(19)4-7-13)10-16(23)20-12-5-8-14-15(9-12)18(25)22(2)17(14)24/h3-9H,10H2,1-2H3,(H,20,23). The van der Waals surface area contributed by atoms with Gasteiger partial charge in [-0.15, -0.1) is 0 Å². The number of nitrogens with zero attached hydrogens (tertiary/aromatic N) is 2. The minimum absolute atomic E-state index is 0.0654. The number of hydrogen-bond acceptors (Lipinski definition) is 5. The molecule has 8 nitrogen and oxygen atoms in total. The summed E-state index contributed by atoms with van der Waals surface area (Å²) in [6, 6.07) is 10.4. The molecule has 0 spiro atoms. The summed E-state index contributed by atoms with van der Waals surface area (Å²) >= 11 is 3.24. The summed E-state index contributed by atoms with van der Waals surface area (Å²) in [5.41, 5.74) is 0.760. The van der Waals surface area contributed by atoms with Crippen molar-refractivity contribution in [1.82, 2.24) is 9.21 Å². The normalized spacial score (nSPS) is 13.8. The van der Waals surface area contributed by atoms with Crippen molar-refractivity contribution in [1.29, 1.82) is 0 Å². The highest BCUT2D eigenvalue weighted by molar-refractivity contribution is 9.10. The largest absolute Gasteiger partial charge is 0.325 e. The van der Waals surface area contributed by atoms with E-state index in [1.165, 1.54) is 44.4 Å². The lowest BCUT2D eigenvalue weighted by atomic mass is 10.1. The summed E-state index contributed by atoms with van der Waals surface area (Å²) in [7, 11) is -1.15. The molecular weight excluding hydrogens is 450 g/mol. The van der Waals surface area contributed by atoms with Crippen molar-refractivity contribution in [3.63, 3.8) is 0 Å². The third-order valence-electron chi connectivity index (χ3n) is 4.26.